The van der Waals surface area contributed by atoms with Crippen LogP contribution in [0.2, 0.25) is 0 Å². The molecule has 0 radical (unpaired) electrons. The van der Waals surface area contributed by atoms with Crippen molar-refractivity contribution in [3.05, 3.63) is 0 Å². The monoisotopic (exact) mass is 290 g/mol. The van der Waals surface area contributed by atoms with E-state index in [1.807, 2.05) is 0 Å². The van der Waals surface area contributed by atoms with Gasteiger partial charge in [-0.1, -0.05) is 0 Å². The molecule has 74 valence electrons. The van der Waals surface area contributed by atoms with E-state index in [4.69, 9.17) is 42.2 Å². The molecule has 0 unspecified atom stereocenters. The van der Waals surface area contributed by atoms with Crippen LogP contribution >= 0.6 is 0 Å². The predicted molar refractivity (Wildman–Crippen MR) is 38.0 cm³/mol. The third kappa shape index (κ3) is 8640. The molecule has 0 aromatic carbocycles. The predicted octanol–water partition coefficient (Wildman–Crippen LogP) is -10.0. The fraction of sp³-hybridized carbons (Fsp3) is 0. The molecule has 0 atom stereocenters. The molecule has 0 saturated carbocycles. The third-order valence-corrected chi connectivity index (χ3v) is 0. The minimum absolute atomic E-state index is 0. The Hall–Kier alpha value is 0.513. The first-order valence-corrected chi connectivity index (χ1v) is 5.51. The molecule has 0 saturated heterocycles. The molecule has 0 aromatic heterocycles. The second-order valence-corrected chi connectivity index (χ2v) is 2.25. The Balaban J connectivity index is -0.0000000184. The van der Waals surface area contributed by atoms with Crippen LogP contribution in [0.1, 0.15) is 0 Å². The minimum atomic E-state index is -3.63. The van der Waals surface area contributed by atoms with E-state index in [0.29, 0.717) is 0 Å². The Morgan fingerprint density at radius 1 is 0.533 bits per heavy atom. The van der Waals surface area contributed by atoms with Crippen LogP contribution in [0.25, 0.3) is 0 Å². The summed E-state index contributed by atoms with van der Waals surface area (Å²) in [6.45, 7) is 0. The van der Waals surface area contributed by atoms with Gasteiger partial charge in [0.05, 0.1) is 0 Å². The molecule has 0 aromatic rings. The van der Waals surface area contributed by atoms with Gasteiger partial charge in [0.15, 0.2) is 0 Å². The van der Waals surface area contributed by atoms with Crippen LogP contribution in [0, 0.1) is 0 Å². The fourth-order valence-corrected chi connectivity index (χ4v) is 0. The van der Waals surface area contributed by atoms with E-state index in [2.05, 4.69) is 0 Å². The standard InChI is InChI=1S/2Al.Li.3O3Si.H/c;;;3*1-4(2)3;/q2*+3;;3*-2;. The van der Waals surface area contributed by atoms with Crippen LogP contribution in [0.4, 0.5) is 0 Å². The molecule has 0 heterocycles. The molecule has 0 fully saturated rings. The van der Waals surface area contributed by atoms with Gasteiger partial charge < -0.3 is 42.2 Å². The van der Waals surface area contributed by atoms with Crippen molar-refractivity contribution in [2.24, 2.45) is 0 Å². The molecule has 15 heavy (non-hydrogen) atoms. The van der Waals surface area contributed by atoms with Gasteiger partial charge in [0, 0.05) is 27.5 Å². The average molecular weight is 290 g/mol. The topological polar surface area (TPSA) is 190 Å². The van der Waals surface area contributed by atoms with Crippen molar-refractivity contribution in [3.63, 3.8) is 0 Å². The Morgan fingerprint density at radius 3 is 0.533 bits per heavy atom. The summed E-state index contributed by atoms with van der Waals surface area (Å²) >= 11 is 0. The van der Waals surface area contributed by atoms with E-state index >= 15 is 0 Å². The summed E-state index contributed by atoms with van der Waals surface area (Å²) in [6, 6.07) is 0. The van der Waals surface area contributed by atoms with Crippen molar-refractivity contribution < 1.29 is 42.2 Å². The van der Waals surface area contributed by atoms with E-state index in [1.165, 1.54) is 0 Å². The molecule has 0 rings (SSSR count). The van der Waals surface area contributed by atoms with Crippen molar-refractivity contribution in [2.75, 3.05) is 0 Å². The maximum absolute atomic E-state index is 8.52. The van der Waals surface area contributed by atoms with Crippen molar-refractivity contribution >= 4 is 81.1 Å². The summed E-state index contributed by atoms with van der Waals surface area (Å²) < 4.78 is 25.6. The Bertz CT molecular complexity index is 121. The molecule has 0 aliphatic heterocycles. The quantitative estimate of drug-likeness (QED) is 0.389. The van der Waals surface area contributed by atoms with Crippen molar-refractivity contribution in [3.8, 4) is 0 Å². The van der Waals surface area contributed by atoms with E-state index < -0.39 is 27.5 Å². The zero-order valence-corrected chi connectivity index (χ0v) is 11.6. The molecular weight excluding hydrogens is 289 g/mol. The van der Waals surface area contributed by atoms with Crippen LogP contribution in [0.5, 0.6) is 0 Å². The second kappa shape index (κ2) is 29.3. The zero-order valence-electron chi connectivity index (χ0n) is 6.33. The normalized spacial score (nSPS) is 4.80. The van der Waals surface area contributed by atoms with Crippen molar-refractivity contribution in [2.45, 2.75) is 0 Å². The van der Waals surface area contributed by atoms with Crippen LogP contribution < -0.4 is 28.8 Å². The molecular formula is HAl2LiO9Si3. The second-order valence-electron chi connectivity index (χ2n) is 0.750. The van der Waals surface area contributed by atoms with E-state index in [9.17, 15) is 0 Å². The molecule has 9 nitrogen and oxygen atoms in total. The fourth-order valence-electron chi connectivity index (χ4n) is 0. The molecule has 0 bridgehead atoms. The van der Waals surface area contributed by atoms with Crippen molar-refractivity contribution in [1.82, 2.24) is 0 Å². The van der Waals surface area contributed by atoms with Gasteiger partial charge in [0.25, 0.3) is 0 Å². The molecule has 0 aliphatic carbocycles. The van der Waals surface area contributed by atoms with Gasteiger partial charge in [0.1, 0.15) is 0 Å². The van der Waals surface area contributed by atoms with Gasteiger partial charge in [0.2, 0.25) is 0 Å². The Morgan fingerprint density at radius 2 is 0.533 bits per heavy atom. The van der Waals surface area contributed by atoms with Crippen molar-refractivity contribution in [1.29, 1.82) is 0 Å². The number of hydrogen-bond acceptors (Lipinski definition) is 9. The summed E-state index contributed by atoms with van der Waals surface area (Å²) in [5.74, 6) is 0. The van der Waals surface area contributed by atoms with Crippen LogP contribution in [-0.2, 0) is 13.4 Å². The first kappa shape index (κ1) is 36.1. The number of hydrogen-bond donors (Lipinski definition) is 0. The molecule has 0 N–H and O–H groups in total. The summed E-state index contributed by atoms with van der Waals surface area (Å²) in [5.41, 5.74) is 0. The van der Waals surface area contributed by atoms with Crippen LogP contribution in [0.3, 0.4) is 0 Å². The third-order valence-electron chi connectivity index (χ3n) is 0. The molecule has 0 aliphatic rings. The first-order valence-electron chi connectivity index (χ1n) is 1.84. The summed E-state index contributed by atoms with van der Waals surface area (Å²) in [6.07, 6.45) is 0. The van der Waals surface area contributed by atoms with E-state index in [1.54, 1.807) is 0 Å². The maximum atomic E-state index is 8.52. The molecule has 0 amide bonds. The van der Waals surface area contributed by atoms with Gasteiger partial charge in [-0.25, -0.2) is 0 Å². The Kier molecular flexibility index (Phi) is 70.5. The van der Waals surface area contributed by atoms with Gasteiger partial charge >= 0.3 is 53.6 Å². The van der Waals surface area contributed by atoms with Crippen LogP contribution in [-0.4, -0.2) is 81.1 Å². The zero-order chi connectivity index (χ0) is 10.7. The number of rotatable bonds is 0. The average Bonchev–Trinajstić information content (AvgIpc) is 1.54. The van der Waals surface area contributed by atoms with Crippen LogP contribution in [0.15, 0.2) is 0 Å². The summed E-state index contributed by atoms with van der Waals surface area (Å²) in [4.78, 5) is 51.1. The molecule has 15 heteroatoms. The molecule has 0 spiro atoms. The summed E-state index contributed by atoms with van der Waals surface area (Å²) in [7, 11) is -10.9. The van der Waals surface area contributed by atoms with Gasteiger partial charge in [-0.2, -0.15) is 0 Å². The van der Waals surface area contributed by atoms with Gasteiger partial charge in [-0.05, 0) is 0 Å². The first-order chi connectivity index (χ1) is 5.20. The van der Waals surface area contributed by atoms with E-state index in [0.717, 1.165) is 0 Å². The Labute approximate surface area is 123 Å². The summed E-state index contributed by atoms with van der Waals surface area (Å²) in [5, 5.41) is 0. The van der Waals surface area contributed by atoms with E-state index in [-0.39, 0.29) is 53.6 Å². The van der Waals surface area contributed by atoms with Gasteiger partial charge in [-0.3, -0.25) is 0 Å². The SMILES string of the molecule is O=[Si]([O-])[O-].O=[Si]([O-])[O-].O=[Si]([O-])[O-].[Al+3].[Al+3].[LiH]. The van der Waals surface area contributed by atoms with Gasteiger partial charge in [-0.15, -0.1) is 0 Å².